The molecular weight excluding hydrogens is 206 g/mol. The summed E-state index contributed by atoms with van der Waals surface area (Å²) in [6.45, 7) is 1.82. The molecule has 4 nitrogen and oxygen atoms in total. The lowest BCUT2D eigenvalue weighted by Crippen LogP contribution is -2.51. The second-order valence-electron chi connectivity index (χ2n) is 4.66. The molecule has 0 spiro atoms. The number of carbonyl (C=O) groups excluding carboxylic acids is 1. The number of amides is 1. The fraction of sp³-hybridized carbons (Fsp3) is 0.833. The van der Waals surface area contributed by atoms with Crippen molar-refractivity contribution in [3.63, 3.8) is 0 Å². The predicted octanol–water partition coefficient (Wildman–Crippen LogP) is 2.03. The Morgan fingerprint density at radius 1 is 1.25 bits per heavy atom. The van der Waals surface area contributed by atoms with Gasteiger partial charge in [-0.2, -0.15) is 0 Å². The molecule has 0 heterocycles. The second-order valence-corrected chi connectivity index (χ2v) is 4.66. The molecule has 92 valence electrons. The molecule has 0 unspecified atom stereocenters. The Balaban J connectivity index is 2.84. The Morgan fingerprint density at radius 2 is 1.81 bits per heavy atom. The van der Waals surface area contributed by atoms with Crippen LogP contribution >= 0.6 is 0 Å². The van der Waals surface area contributed by atoms with E-state index in [9.17, 15) is 9.59 Å². The molecule has 1 saturated carbocycles. The van der Waals surface area contributed by atoms with Crippen LogP contribution in [-0.2, 0) is 9.59 Å². The van der Waals surface area contributed by atoms with E-state index in [0.717, 1.165) is 32.1 Å². The minimum Gasteiger partial charge on any atom is -0.481 e. The molecule has 0 aromatic carbocycles. The summed E-state index contributed by atoms with van der Waals surface area (Å²) in [5, 5.41) is 9.00. The maximum absolute atomic E-state index is 11.7. The molecule has 1 aliphatic carbocycles. The quantitative estimate of drug-likeness (QED) is 0.799. The summed E-state index contributed by atoms with van der Waals surface area (Å²) in [5.74, 6) is -0.763. The van der Waals surface area contributed by atoms with E-state index in [2.05, 4.69) is 0 Å². The first kappa shape index (κ1) is 13.0. The van der Waals surface area contributed by atoms with Gasteiger partial charge in [-0.3, -0.25) is 9.59 Å². The number of aliphatic carboxylic acids is 1. The summed E-state index contributed by atoms with van der Waals surface area (Å²) >= 11 is 0. The molecule has 0 aromatic heterocycles. The first-order valence-corrected chi connectivity index (χ1v) is 6.00. The molecule has 1 N–H and O–H groups in total. The average molecular weight is 227 g/mol. The van der Waals surface area contributed by atoms with Gasteiger partial charge in [-0.15, -0.1) is 0 Å². The van der Waals surface area contributed by atoms with Crippen LogP contribution < -0.4 is 0 Å². The highest BCUT2D eigenvalue weighted by atomic mass is 16.4. The summed E-state index contributed by atoms with van der Waals surface area (Å²) < 4.78 is 0. The van der Waals surface area contributed by atoms with Gasteiger partial charge in [0.2, 0.25) is 5.91 Å². The first-order valence-electron chi connectivity index (χ1n) is 6.00. The Labute approximate surface area is 96.6 Å². The molecule has 4 heteroatoms. The maximum atomic E-state index is 11.7. The van der Waals surface area contributed by atoms with E-state index >= 15 is 0 Å². The zero-order chi connectivity index (χ0) is 12.2. The van der Waals surface area contributed by atoms with Gasteiger partial charge < -0.3 is 10.0 Å². The molecular formula is C12H21NO3. The van der Waals surface area contributed by atoms with Gasteiger partial charge in [-0.25, -0.2) is 0 Å². The molecule has 1 fully saturated rings. The number of carboxylic acids is 1. The van der Waals surface area contributed by atoms with Crippen molar-refractivity contribution < 1.29 is 14.7 Å². The van der Waals surface area contributed by atoms with Gasteiger partial charge in [0.05, 0.1) is 12.0 Å². The maximum Gasteiger partial charge on any atom is 0.305 e. The topological polar surface area (TPSA) is 57.6 Å². The molecule has 0 radical (unpaired) electrons. The van der Waals surface area contributed by atoms with Gasteiger partial charge in [0, 0.05) is 13.5 Å². The Hall–Kier alpha value is -1.06. The smallest absolute Gasteiger partial charge is 0.305 e. The summed E-state index contributed by atoms with van der Waals surface area (Å²) in [6.07, 6.45) is 5.36. The molecule has 0 atom stereocenters. The van der Waals surface area contributed by atoms with Crippen molar-refractivity contribution in [3.05, 3.63) is 0 Å². The van der Waals surface area contributed by atoms with Crippen LogP contribution in [0.15, 0.2) is 0 Å². The Kier molecular flexibility index (Phi) is 4.33. The van der Waals surface area contributed by atoms with Gasteiger partial charge in [0.25, 0.3) is 0 Å². The van der Waals surface area contributed by atoms with E-state index in [1.54, 1.807) is 11.9 Å². The highest BCUT2D eigenvalue weighted by Crippen LogP contribution is 2.36. The number of rotatable bonds is 4. The van der Waals surface area contributed by atoms with E-state index in [0.29, 0.717) is 6.42 Å². The van der Waals surface area contributed by atoms with Crippen molar-refractivity contribution in [1.82, 2.24) is 4.90 Å². The Morgan fingerprint density at radius 3 is 2.25 bits per heavy atom. The highest BCUT2D eigenvalue weighted by Gasteiger charge is 2.39. The normalized spacial score (nSPS) is 19.1. The van der Waals surface area contributed by atoms with Crippen LogP contribution in [0, 0.1) is 0 Å². The number of hydrogen-bond acceptors (Lipinski definition) is 2. The van der Waals surface area contributed by atoms with Crippen molar-refractivity contribution in [2.24, 2.45) is 0 Å². The van der Waals surface area contributed by atoms with Crippen LogP contribution in [0.5, 0.6) is 0 Å². The van der Waals surface area contributed by atoms with Crippen LogP contribution in [-0.4, -0.2) is 34.5 Å². The molecule has 1 rings (SSSR count). The number of nitrogens with zero attached hydrogens (tertiary/aromatic N) is 1. The minimum atomic E-state index is -0.808. The molecule has 0 saturated heterocycles. The van der Waals surface area contributed by atoms with Crippen LogP contribution in [0.2, 0.25) is 0 Å². The van der Waals surface area contributed by atoms with Gasteiger partial charge in [0.1, 0.15) is 0 Å². The summed E-state index contributed by atoms with van der Waals surface area (Å²) in [6, 6.07) is 0. The van der Waals surface area contributed by atoms with E-state index < -0.39 is 11.5 Å². The van der Waals surface area contributed by atoms with E-state index in [1.807, 2.05) is 6.92 Å². The third kappa shape index (κ3) is 2.74. The third-order valence-corrected chi connectivity index (χ3v) is 3.65. The number of hydrogen-bond donors (Lipinski definition) is 1. The van der Waals surface area contributed by atoms with Crippen LogP contribution in [0.3, 0.4) is 0 Å². The lowest BCUT2D eigenvalue weighted by Gasteiger charge is -2.43. The number of carbonyl (C=O) groups is 2. The van der Waals surface area contributed by atoms with Gasteiger partial charge in [0.15, 0.2) is 0 Å². The summed E-state index contributed by atoms with van der Waals surface area (Å²) in [4.78, 5) is 24.4. The summed E-state index contributed by atoms with van der Waals surface area (Å²) in [7, 11) is 1.75. The molecule has 16 heavy (non-hydrogen) atoms. The average Bonchev–Trinajstić information content (AvgIpc) is 2.27. The first-order chi connectivity index (χ1) is 7.52. The lowest BCUT2D eigenvalue weighted by molar-refractivity contribution is -0.145. The van der Waals surface area contributed by atoms with Crippen molar-refractivity contribution in [1.29, 1.82) is 0 Å². The standard InChI is InChI=1S/C12H21NO3/c1-3-10(14)13(2)12(9-11(15)16)7-5-4-6-8-12/h3-9H2,1-2H3,(H,15,16). The van der Waals surface area contributed by atoms with Crippen molar-refractivity contribution in [2.45, 2.75) is 57.4 Å². The molecule has 1 amide bonds. The van der Waals surface area contributed by atoms with Gasteiger partial charge in [-0.05, 0) is 12.8 Å². The number of carboxylic acid groups (broad SMARTS) is 1. The second kappa shape index (κ2) is 5.32. The van der Waals surface area contributed by atoms with E-state index in [-0.39, 0.29) is 12.3 Å². The van der Waals surface area contributed by atoms with E-state index in [4.69, 9.17) is 5.11 Å². The van der Waals surface area contributed by atoms with Crippen molar-refractivity contribution in [3.8, 4) is 0 Å². The van der Waals surface area contributed by atoms with Crippen LogP contribution in [0.25, 0.3) is 0 Å². The summed E-state index contributed by atoms with van der Waals surface area (Å²) in [5.41, 5.74) is -0.433. The SMILES string of the molecule is CCC(=O)N(C)C1(CC(=O)O)CCCCC1. The molecule has 0 aliphatic heterocycles. The predicted molar refractivity (Wildman–Crippen MR) is 61.1 cm³/mol. The molecule has 1 aliphatic rings. The molecule has 0 aromatic rings. The van der Waals surface area contributed by atoms with E-state index in [1.165, 1.54) is 0 Å². The lowest BCUT2D eigenvalue weighted by atomic mass is 9.78. The highest BCUT2D eigenvalue weighted by molar-refractivity contribution is 5.78. The Bertz CT molecular complexity index is 269. The van der Waals surface area contributed by atoms with Gasteiger partial charge in [-0.1, -0.05) is 26.2 Å². The van der Waals surface area contributed by atoms with Crippen molar-refractivity contribution in [2.75, 3.05) is 7.05 Å². The zero-order valence-electron chi connectivity index (χ0n) is 10.2. The van der Waals surface area contributed by atoms with Crippen LogP contribution in [0.4, 0.5) is 0 Å². The largest absolute Gasteiger partial charge is 0.481 e. The fourth-order valence-electron chi connectivity index (χ4n) is 2.62. The minimum absolute atomic E-state index is 0.0446. The zero-order valence-corrected chi connectivity index (χ0v) is 10.2. The third-order valence-electron chi connectivity index (χ3n) is 3.65. The molecule has 0 bridgehead atoms. The van der Waals surface area contributed by atoms with Crippen LogP contribution in [0.1, 0.15) is 51.9 Å². The monoisotopic (exact) mass is 227 g/mol. The van der Waals surface area contributed by atoms with Gasteiger partial charge >= 0.3 is 5.97 Å². The fourth-order valence-corrected chi connectivity index (χ4v) is 2.62. The van der Waals surface area contributed by atoms with Crippen molar-refractivity contribution >= 4 is 11.9 Å².